The molecule has 0 unspecified atom stereocenters. The van der Waals surface area contributed by atoms with E-state index in [1.165, 1.54) is 29.0 Å². The molecule has 0 radical (unpaired) electrons. The van der Waals surface area contributed by atoms with Crippen molar-refractivity contribution in [2.24, 2.45) is 5.92 Å². The van der Waals surface area contributed by atoms with Crippen molar-refractivity contribution in [2.45, 2.75) is 44.6 Å². The molecule has 2 heterocycles. The van der Waals surface area contributed by atoms with Gasteiger partial charge in [-0.25, -0.2) is 9.78 Å². The van der Waals surface area contributed by atoms with Crippen LogP contribution in [0.25, 0.3) is 11.2 Å². The molecule has 0 atom stereocenters. The second-order valence-electron chi connectivity index (χ2n) is 8.52. The van der Waals surface area contributed by atoms with Crippen molar-refractivity contribution in [3.63, 3.8) is 0 Å². The average Bonchev–Trinajstić information content (AvgIpc) is 3.12. The molecular formula is C22H26BrF3N6O3. The highest BCUT2D eigenvalue weighted by molar-refractivity contribution is 9.10. The molecule has 1 aliphatic rings. The number of halogens is 4. The van der Waals surface area contributed by atoms with E-state index in [9.17, 15) is 18.0 Å². The van der Waals surface area contributed by atoms with Gasteiger partial charge in [-0.3, -0.25) is 4.57 Å². The number of nitrogens with one attached hydrogen (secondary N) is 3. The van der Waals surface area contributed by atoms with Crippen molar-refractivity contribution in [3.8, 4) is 5.75 Å². The van der Waals surface area contributed by atoms with Crippen LogP contribution in [0.2, 0.25) is 0 Å². The Morgan fingerprint density at radius 1 is 1.26 bits per heavy atom. The van der Waals surface area contributed by atoms with E-state index in [0.717, 1.165) is 25.7 Å². The fourth-order valence-corrected chi connectivity index (χ4v) is 4.73. The lowest BCUT2D eigenvalue weighted by Crippen LogP contribution is -2.36. The summed E-state index contributed by atoms with van der Waals surface area (Å²) in [5, 5.41) is 15.5. The van der Waals surface area contributed by atoms with E-state index in [1.54, 1.807) is 0 Å². The maximum absolute atomic E-state index is 12.8. The lowest BCUT2D eigenvalue weighted by Gasteiger charge is -2.29. The maximum Gasteiger partial charge on any atom is 0.573 e. The maximum atomic E-state index is 12.8. The van der Waals surface area contributed by atoms with Crippen LogP contribution in [0.1, 0.15) is 31.2 Å². The molecule has 1 aliphatic carbocycles. The molecule has 13 heteroatoms. The number of hydrogen-bond donors (Lipinski definition) is 4. The summed E-state index contributed by atoms with van der Waals surface area (Å²) >= 11 is 3.25. The third-order valence-corrected chi connectivity index (χ3v) is 6.52. The van der Waals surface area contributed by atoms with E-state index in [-0.39, 0.29) is 24.4 Å². The van der Waals surface area contributed by atoms with Crippen LogP contribution in [0.3, 0.4) is 0 Å². The van der Waals surface area contributed by atoms with E-state index in [0.29, 0.717) is 41.0 Å². The molecule has 9 nitrogen and oxygen atoms in total. The molecule has 1 aromatic carbocycles. The molecule has 0 bridgehead atoms. The van der Waals surface area contributed by atoms with Crippen molar-refractivity contribution in [3.05, 3.63) is 44.9 Å². The van der Waals surface area contributed by atoms with Crippen molar-refractivity contribution in [2.75, 3.05) is 25.0 Å². The number of H-pyrrole nitrogens is 1. The first kappa shape index (κ1) is 25.5. The van der Waals surface area contributed by atoms with Gasteiger partial charge in [0, 0.05) is 29.2 Å². The minimum Gasteiger partial charge on any atom is -0.405 e. The van der Waals surface area contributed by atoms with Gasteiger partial charge in [0.15, 0.2) is 5.65 Å². The molecule has 35 heavy (non-hydrogen) atoms. The van der Waals surface area contributed by atoms with Crippen molar-refractivity contribution in [1.82, 2.24) is 24.8 Å². The first-order valence-electron chi connectivity index (χ1n) is 11.3. The Hall–Kier alpha value is -2.64. The van der Waals surface area contributed by atoms with Crippen LogP contribution in [0.15, 0.2) is 33.7 Å². The number of aliphatic hydroxyl groups is 1. The Bertz CT molecular complexity index is 1210. The van der Waals surface area contributed by atoms with Crippen molar-refractivity contribution >= 4 is 33.0 Å². The number of hydrogen-bond acceptors (Lipinski definition) is 7. The van der Waals surface area contributed by atoms with Crippen LogP contribution in [0, 0.1) is 5.92 Å². The number of aromatic amines is 1. The van der Waals surface area contributed by atoms with E-state index in [2.05, 4.69) is 46.3 Å². The molecule has 0 amide bonds. The first-order valence-corrected chi connectivity index (χ1v) is 12.1. The summed E-state index contributed by atoms with van der Waals surface area (Å²) in [6.45, 7) is 1.22. The van der Waals surface area contributed by atoms with Gasteiger partial charge in [0.05, 0.1) is 19.3 Å². The van der Waals surface area contributed by atoms with Gasteiger partial charge >= 0.3 is 12.1 Å². The number of alkyl halides is 3. The molecule has 0 spiro atoms. The van der Waals surface area contributed by atoms with Gasteiger partial charge in [0.1, 0.15) is 11.3 Å². The highest BCUT2D eigenvalue weighted by atomic mass is 79.9. The molecule has 3 aromatic rings. The summed E-state index contributed by atoms with van der Waals surface area (Å²) in [5.41, 5.74) is 0.309. The third kappa shape index (κ3) is 6.73. The lowest BCUT2D eigenvalue weighted by molar-refractivity contribution is -0.274. The summed E-state index contributed by atoms with van der Waals surface area (Å²) in [6, 6.07) is 4.52. The fraction of sp³-hybridized carbons (Fsp3) is 0.500. The molecule has 190 valence electrons. The zero-order valence-electron chi connectivity index (χ0n) is 18.7. The lowest BCUT2D eigenvalue weighted by atomic mass is 9.86. The first-order chi connectivity index (χ1) is 16.7. The molecule has 4 N–H and O–H groups in total. The highest BCUT2D eigenvalue weighted by Crippen LogP contribution is 2.30. The Morgan fingerprint density at radius 2 is 2.03 bits per heavy atom. The van der Waals surface area contributed by atoms with Crippen LogP contribution in [-0.4, -0.2) is 56.7 Å². The smallest absolute Gasteiger partial charge is 0.405 e. The second kappa shape index (κ2) is 11.0. The molecule has 0 saturated heterocycles. The van der Waals surface area contributed by atoms with Crippen LogP contribution >= 0.6 is 15.9 Å². The summed E-state index contributed by atoms with van der Waals surface area (Å²) in [5.74, 6) is 0.392. The monoisotopic (exact) mass is 558 g/mol. The zero-order chi connectivity index (χ0) is 25.0. The second-order valence-corrected chi connectivity index (χ2v) is 9.44. The number of fused-ring (bicyclic) bond motifs is 1. The summed E-state index contributed by atoms with van der Waals surface area (Å²) in [7, 11) is 0. The van der Waals surface area contributed by atoms with Gasteiger partial charge in [0.2, 0.25) is 5.95 Å². The van der Waals surface area contributed by atoms with E-state index >= 15 is 0 Å². The van der Waals surface area contributed by atoms with Gasteiger partial charge in [0.25, 0.3) is 0 Å². The number of imidazole rings is 1. The van der Waals surface area contributed by atoms with Crippen LogP contribution < -0.4 is 21.1 Å². The predicted octanol–water partition coefficient (Wildman–Crippen LogP) is 3.38. The topological polar surface area (TPSA) is 117 Å². The van der Waals surface area contributed by atoms with Crippen molar-refractivity contribution in [1.29, 1.82) is 0 Å². The number of benzene rings is 1. The fourth-order valence-electron chi connectivity index (χ4n) is 4.32. The number of rotatable bonds is 9. The Labute approximate surface area is 207 Å². The van der Waals surface area contributed by atoms with Crippen molar-refractivity contribution < 1.29 is 23.0 Å². The molecule has 4 rings (SSSR count). The van der Waals surface area contributed by atoms with Gasteiger partial charge in [-0.2, -0.15) is 4.98 Å². The molecule has 1 fully saturated rings. The van der Waals surface area contributed by atoms with Gasteiger partial charge in [-0.05, 0) is 49.8 Å². The van der Waals surface area contributed by atoms with E-state index in [1.807, 2.05) is 0 Å². The Balaban J connectivity index is 1.48. The minimum absolute atomic E-state index is 0.129. The van der Waals surface area contributed by atoms with Gasteiger partial charge < -0.3 is 25.5 Å². The predicted molar refractivity (Wildman–Crippen MR) is 127 cm³/mol. The number of aromatic nitrogens is 4. The normalized spacial score (nSPS) is 18.7. The van der Waals surface area contributed by atoms with Crippen LogP contribution in [0.4, 0.5) is 19.1 Å². The molecular weight excluding hydrogens is 533 g/mol. The molecule has 1 saturated carbocycles. The standard InChI is InChI=1S/C22H26BrF3N6O3/c23-15-3-6-18(35-22(24,25)26)14(9-15)12-32-19-17(30-21(32)34)11-29-20(31-19)28-10-13-1-4-16(5-2-13)27-7-8-33/h3,6,9,11,13,16,27,33H,1-2,4-5,7-8,10,12H2,(H,30,34)(H,28,29,31). The van der Waals surface area contributed by atoms with E-state index < -0.39 is 17.8 Å². The summed E-state index contributed by atoms with van der Waals surface area (Å²) in [6.07, 6.45) is 0.723. The largest absolute Gasteiger partial charge is 0.573 e. The number of ether oxygens (including phenoxy) is 1. The number of nitrogens with zero attached hydrogens (tertiary/aromatic N) is 3. The Kier molecular flexibility index (Phi) is 7.97. The number of aliphatic hydroxyl groups excluding tert-OH is 1. The highest BCUT2D eigenvalue weighted by Gasteiger charge is 2.32. The minimum atomic E-state index is -4.86. The average molecular weight is 559 g/mol. The number of anilines is 1. The van der Waals surface area contributed by atoms with Gasteiger partial charge in [-0.1, -0.05) is 15.9 Å². The van der Waals surface area contributed by atoms with Gasteiger partial charge in [-0.15, -0.1) is 13.2 Å². The van der Waals surface area contributed by atoms with E-state index in [4.69, 9.17) is 5.11 Å². The van der Waals surface area contributed by atoms with Crippen LogP contribution in [0.5, 0.6) is 5.75 Å². The quantitative estimate of drug-likeness (QED) is 0.318. The van der Waals surface area contributed by atoms with Crippen LogP contribution in [-0.2, 0) is 6.54 Å². The SMILES string of the molecule is O=c1[nH]c2cnc(NCC3CCC(NCCO)CC3)nc2n1Cc1cc(Br)ccc1OC(F)(F)F. The summed E-state index contributed by atoms with van der Waals surface area (Å²) < 4.78 is 44.5. The molecule has 2 aromatic heterocycles. The molecule has 0 aliphatic heterocycles. The third-order valence-electron chi connectivity index (χ3n) is 6.03. The summed E-state index contributed by atoms with van der Waals surface area (Å²) in [4.78, 5) is 23.9. The zero-order valence-corrected chi connectivity index (χ0v) is 20.3. The Morgan fingerprint density at radius 3 is 2.74 bits per heavy atom.